The number of rotatable bonds is 8. The summed E-state index contributed by atoms with van der Waals surface area (Å²) in [6.07, 6.45) is -3.29. The molecule has 0 aliphatic carbocycles. The number of aromatic nitrogens is 4. The van der Waals surface area contributed by atoms with Crippen LogP contribution < -0.4 is 19.6 Å². The van der Waals surface area contributed by atoms with Crippen LogP contribution in [0, 0.1) is 6.92 Å². The van der Waals surface area contributed by atoms with E-state index in [0.29, 0.717) is 16.3 Å². The molecule has 1 unspecified atom stereocenters. The molecule has 0 aliphatic heterocycles. The number of halogens is 3. The second kappa shape index (κ2) is 13.0. The van der Waals surface area contributed by atoms with Crippen molar-refractivity contribution in [3.05, 3.63) is 100 Å². The van der Waals surface area contributed by atoms with Crippen LogP contribution in [0.3, 0.4) is 0 Å². The maximum Gasteiger partial charge on any atom is 0.573 e. The predicted molar refractivity (Wildman–Crippen MR) is 165 cm³/mol. The molecular weight excluding hydrogens is 605 g/mol. The Kier molecular flexibility index (Phi) is 9.09. The topological polar surface area (TPSA) is 95.6 Å². The molecule has 0 bridgehead atoms. The molecule has 1 N–H and O–H groups in total. The number of thiazole rings is 1. The first-order valence-electron chi connectivity index (χ1n) is 14.0. The Labute approximate surface area is 261 Å². The molecule has 2 aromatic heterocycles. The Morgan fingerprint density at radius 1 is 1.00 bits per heavy atom. The predicted octanol–water partition coefficient (Wildman–Crippen LogP) is 7.50. The van der Waals surface area contributed by atoms with Crippen LogP contribution >= 0.6 is 11.3 Å². The normalized spacial score (nSPS) is 12.8. The van der Waals surface area contributed by atoms with Crippen LogP contribution in [0.1, 0.15) is 49.6 Å². The number of ether oxygens (including phenoxy) is 2. The fourth-order valence-electron chi connectivity index (χ4n) is 4.72. The summed E-state index contributed by atoms with van der Waals surface area (Å²) >= 11 is 1.39. The molecule has 0 saturated carbocycles. The van der Waals surface area contributed by atoms with Crippen molar-refractivity contribution in [2.24, 2.45) is 4.99 Å². The molecule has 0 saturated heterocycles. The minimum absolute atomic E-state index is 0.226. The summed E-state index contributed by atoms with van der Waals surface area (Å²) in [6, 6.07) is 17.8. The van der Waals surface area contributed by atoms with Crippen LogP contribution in [0.2, 0.25) is 0 Å². The largest absolute Gasteiger partial charge is 0.573 e. The van der Waals surface area contributed by atoms with Gasteiger partial charge in [-0.05, 0) is 73.4 Å². The molecule has 5 aromatic rings. The van der Waals surface area contributed by atoms with Gasteiger partial charge in [-0.2, -0.15) is 4.99 Å². The van der Waals surface area contributed by atoms with E-state index in [2.05, 4.69) is 39.0 Å². The van der Waals surface area contributed by atoms with E-state index in [1.165, 1.54) is 46.6 Å². The number of alkyl halides is 3. The highest BCUT2D eigenvalue weighted by Crippen LogP contribution is 2.28. The van der Waals surface area contributed by atoms with Crippen LogP contribution in [0.5, 0.6) is 11.5 Å². The van der Waals surface area contributed by atoms with Crippen LogP contribution in [-0.4, -0.2) is 38.8 Å². The average Bonchev–Trinajstić information content (AvgIpc) is 3.63. The van der Waals surface area contributed by atoms with Gasteiger partial charge >= 0.3 is 12.4 Å². The molecule has 9 nitrogen and oxygen atoms in total. The van der Waals surface area contributed by atoms with Gasteiger partial charge in [-0.25, -0.2) is 14.5 Å². The molecule has 2 amide bonds. The molecule has 13 heteroatoms. The van der Waals surface area contributed by atoms with Gasteiger partial charge in [-0.15, -0.1) is 29.6 Å². The fourth-order valence-corrected chi connectivity index (χ4v) is 5.58. The first-order valence-corrected chi connectivity index (χ1v) is 14.9. The molecular formula is C32H31F3N6O3S. The van der Waals surface area contributed by atoms with Gasteiger partial charge in [0.05, 0.1) is 24.5 Å². The second-order valence-corrected chi connectivity index (χ2v) is 11.4. The summed E-state index contributed by atoms with van der Waals surface area (Å²) < 4.78 is 50.1. The summed E-state index contributed by atoms with van der Waals surface area (Å²) in [4.78, 5) is 22.3. The summed E-state index contributed by atoms with van der Waals surface area (Å²) in [7, 11) is 1.64. The summed E-state index contributed by atoms with van der Waals surface area (Å²) in [6.45, 7) is 8.07. The van der Waals surface area contributed by atoms with Gasteiger partial charge in [0.1, 0.15) is 17.8 Å². The van der Waals surface area contributed by atoms with Crippen LogP contribution in [0.25, 0.3) is 22.8 Å². The number of aryl methyl sites for hydroxylation is 1. The highest BCUT2D eigenvalue weighted by Gasteiger charge is 2.31. The molecule has 234 valence electrons. The number of nitrogens with one attached hydrogen (secondary N) is 1. The van der Waals surface area contributed by atoms with E-state index in [0.717, 1.165) is 33.8 Å². The molecule has 5 rings (SSSR count). The van der Waals surface area contributed by atoms with Crippen molar-refractivity contribution < 1.29 is 27.4 Å². The smallest absolute Gasteiger partial charge is 0.497 e. The maximum atomic E-state index is 13.0. The Morgan fingerprint density at radius 2 is 1.69 bits per heavy atom. The summed E-state index contributed by atoms with van der Waals surface area (Å²) in [5, 5.41) is 9.35. The van der Waals surface area contributed by atoms with Crippen molar-refractivity contribution in [2.45, 2.75) is 46.0 Å². The minimum atomic E-state index is -4.76. The summed E-state index contributed by atoms with van der Waals surface area (Å²) in [5.41, 5.74) is 5.10. The molecule has 2 heterocycles. The zero-order valence-electron chi connectivity index (χ0n) is 25.2. The number of urea groups is 1. The summed E-state index contributed by atoms with van der Waals surface area (Å²) in [5.74, 6) is 1.10. The first-order chi connectivity index (χ1) is 21.4. The highest BCUT2D eigenvalue weighted by atomic mass is 32.1. The molecule has 0 spiro atoms. The number of carbonyl (C=O) groups excluding carboxylic acids is 1. The van der Waals surface area contributed by atoms with E-state index in [1.54, 1.807) is 7.11 Å². The molecule has 45 heavy (non-hydrogen) atoms. The number of hydrogen-bond acceptors (Lipinski definition) is 6. The number of carbonyl (C=O) groups is 1. The van der Waals surface area contributed by atoms with E-state index in [-0.39, 0.29) is 17.7 Å². The number of nitrogens with zero attached hydrogens (tertiary/aromatic N) is 5. The zero-order valence-corrected chi connectivity index (χ0v) is 26.0. The number of amides is 2. The van der Waals surface area contributed by atoms with Gasteiger partial charge in [-0.1, -0.05) is 38.1 Å². The van der Waals surface area contributed by atoms with Crippen LogP contribution in [0.15, 0.2) is 83.4 Å². The highest BCUT2D eigenvalue weighted by molar-refractivity contribution is 7.07. The quantitative estimate of drug-likeness (QED) is 0.190. The third-order valence-electron chi connectivity index (χ3n) is 7.01. The molecule has 0 radical (unpaired) electrons. The average molecular weight is 637 g/mol. The van der Waals surface area contributed by atoms with Gasteiger partial charge in [0.25, 0.3) is 0 Å². The Morgan fingerprint density at radius 3 is 2.33 bits per heavy atom. The van der Waals surface area contributed by atoms with Gasteiger partial charge < -0.3 is 14.8 Å². The Bertz CT molecular complexity index is 1860. The SMILES string of the molecule is COc1ccc(-n2c(C)cs/c2=N\C(=O)NC(C)c2ccc(-c3ncn(-c4ccc(OC(F)(F)F)cc4)n3)cc2)c(C(C)C)c1. The number of benzene rings is 3. The Balaban J connectivity index is 1.29. The lowest BCUT2D eigenvalue weighted by molar-refractivity contribution is -0.274. The Hall–Kier alpha value is -4.91. The van der Waals surface area contributed by atoms with Gasteiger partial charge in [0.2, 0.25) is 0 Å². The standard InChI is InChI=1S/C32H31F3N6O3S/c1-19(2)27-16-26(43-5)14-15-28(27)41-20(3)17-45-31(41)38-30(42)37-21(4)22-6-8-23(9-7-22)29-36-18-40(39-29)24-10-12-25(13-11-24)44-32(33,34)35/h6-19,21H,1-5H3,(H,37,42)/b38-31-. The maximum absolute atomic E-state index is 13.0. The number of methoxy groups -OCH3 is 1. The lowest BCUT2D eigenvalue weighted by Crippen LogP contribution is -2.27. The van der Waals surface area contributed by atoms with E-state index < -0.39 is 12.4 Å². The molecule has 0 fully saturated rings. The lowest BCUT2D eigenvalue weighted by atomic mass is 10.0. The third kappa shape index (κ3) is 7.43. The van der Waals surface area contributed by atoms with Gasteiger partial charge in [0, 0.05) is 16.6 Å². The van der Waals surface area contributed by atoms with Crippen LogP contribution in [0.4, 0.5) is 18.0 Å². The van der Waals surface area contributed by atoms with E-state index in [1.807, 2.05) is 66.3 Å². The van der Waals surface area contributed by atoms with E-state index in [9.17, 15) is 18.0 Å². The monoisotopic (exact) mass is 636 g/mol. The number of hydrogen-bond donors (Lipinski definition) is 1. The third-order valence-corrected chi connectivity index (χ3v) is 7.95. The van der Waals surface area contributed by atoms with Crippen molar-refractivity contribution in [2.75, 3.05) is 7.11 Å². The van der Waals surface area contributed by atoms with Crippen LogP contribution in [-0.2, 0) is 0 Å². The molecule has 0 aliphatic rings. The zero-order chi connectivity index (χ0) is 32.3. The lowest BCUT2D eigenvalue weighted by Gasteiger charge is -2.17. The van der Waals surface area contributed by atoms with Gasteiger partial charge in [0.15, 0.2) is 10.6 Å². The molecule has 1 atom stereocenters. The second-order valence-electron chi connectivity index (χ2n) is 10.5. The van der Waals surface area contributed by atoms with Gasteiger partial charge in [-0.3, -0.25) is 4.57 Å². The fraction of sp³-hybridized carbons (Fsp3) is 0.250. The van der Waals surface area contributed by atoms with Crippen molar-refractivity contribution in [3.63, 3.8) is 0 Å². The van der Waals surface area contributed by atoms with E-state index in [4.69, 9.17) is 4.74 Å². The minimum Gasteiger partial charge on any atom is -0.497 e. The van der Waals surface area contributed by atoms with E-state index >= 15 is 0 Å². The first kappa shape index (κ1) is 31.5. The van der Waals surface area contributed by atoms with Crippen molar-refractivity contribution >= 4 is 17.4 Å². The van der Waals surface area contributed by atoms with Crippen molar-refractivity contribution in [1.29, 1.82) is 0 Å². The van der Waals surface area contributed by atoms with Crippen molar-refractivity contribution in [3.8, 4) is 34.3 Å². The molecule has 3 aromatic carbocycles. The van der Waals surface area contributed by atoms with Crippen molar-refractivity contribution in [1.82, 2.24) is 24.6 Å².